The average molecular weight is 254 g/mol. The van der Waals surface area contributed by atoms with Crippen LogP contribution in [0.25, 0.3) is 0 Å². The van der Waals surface area contributed by atoms with Crippen molar-refractivity contribution < 1.29 is 13.2 Å². The number of nitrogen functional groups attached to an aromatic ring is 1. The molecule has 0 radical (unpaired) electrons. The summed E-state index contributed by atoms with van der Waals surface area (Å²) < 4.78 is 35.5. The van der Waals surface area contributed by atoms with Gasteiger partial charge >= 0.3 is 6.18 Å². The molecule has 1 aromatic heterocycles. The predicted molar refractivity (Wildman–Crippen MR) is 57.4 cm³/mol. The molecule has 0 amide bonds. The largest absolute Gasteiger partial charge is 0.396 e. The summed E-state index contributed by atoms with van der Waals surface area (Å²) in [7, 11) is 0. The van der Waals surface area contributed by atoms with Gasteiger partial charge in [-0.15, -0.1) is 0 Å². The molecular formula is C9H11ClF3N3. The van der Waals surface area contributed by atoms with Crippen molar-refractivity contribution in [3.05, 3.63) is 17.3 Å². The molecule has 90 valence electrons. The standard InChI is InChI=1S/C9H11ClF3N3/c10-7-3-2-6(14)8(16-7)15-5-1-4-9(11,12)13/h2-3H,1,4-5,14H2,(H,15,16). The maximum atomic E-state index is 11.8. The highest BCUT2D eigenvalue weighted by molar-refractivity contribution is 6.29. The van der Waals surface area contributed by atoms with Gasteiger partial charge in [0.15, 0.2) is 5.82 Å². The fraction of sp³-hybridized carbons (Fsp3) is 0.444. The predicted octanol–water partition coefficient (Wildman–Crippen LogP) is 3.07. The number of halogens is 4. The number of alkyl halides is 3. The Hall–Kier alpha value is -1.17. The van der Waals surface area contributed by atoms with Crippen molar-refractivity contribution >= 4 is 23.1 Å². The van der Waals surface area contributed by atoms with Gasteiger partial charge in [-0.1, -0.05) is 11.6 Å². The maximum absolute atomic E-state index is 11.8. The van der Waals surface area contributed by atoms with Crippen LogP contribution >= 0.6 is 11.6 Å². The lowest BCUT2D eigenvalue weighted by Crippen LogP contribution is -2.12. The number of anilines is 2. The Kier molecular flexibility index (Phi) is 4.23. The number of hydrogen-bond donors (Lipinski definition) is 2. The van der Waals surface area contributed by atoms with E-state index in [-0.39, 0.29) is 18.1 Å². The highest BCUT2D eigenvalue weighted by Gasteiger charge is 2.25. The van der Waals surface area contributed by atoms with E-state index in [0.29, 0.717) is 11.5 Å². The van der Waals surface area contributed by atoms with E-state index in [9.17, 15) is 13.2 Å². The van der Waals surface area contributed by atoms with Crippen LogP contribution in [0.5, 0.6) is 0 Å². The molecule has 0 aromatic carbocycles. The second kappa shape index (κ2) is 5.25. The van der Waals surface area contributed by atoms with Crippen LogP contribution in [0.4, 0.5) is 24.7 Å². The van der Waals surface area contributed by atoms with Gasteiger partial charge in [0.1, 0.15) is 5.15 Å². The summed E-state index contributed by atoms with van der Waals surface area (Å²) in [5, 5.41) is 2.95. The number of hydrogen-bond acceptors (Lipinski definition) is 3. The number of rotatable bonds is 4. The molecule has 1 aromatic rings. The quantitative estimate of drug-likeness (QED) is 0.640. The average Bonchev–Trinajstić information content (AvgIpc) is 2.16. The molecule has 0 aliphatic rings. The molecule has 1 rings (SSSR count). The van der Waals surface area contributed by atoms with Crippen LogP contribution in [-0.2, 0) is 0 Å². The van der Waals surface area contributed by atoms with Crippen LogP contribution in [0, 0.1) is 0 Å². The van der Waals surface area contributed by atoms with E-state index in [1.165, 1.54) is 6.07 Å². The van der Waals surface area contributed by atoms with Gasteiger partial charge in [-0.25, -0.2) is 4.98 Å². The first-order valence-corrected chi connectivity index (χ1v) is 4.99. The zero-order valence-corrected chi connectivity index (χ0v) is 9.07. The fourth-order valence-corrected chi connectivity index (χ4v) is 1.23. The lowest BCUT2D eigenvalue weighted by molar-refractivity contribution is -0.134. The molecular weight excluding hydrogens is 243 g/mol. The van der Waals surface area contributed by atoms with Crippen molar-refractivity contribution in [2.75, 3.05) is 17.6 Å². The number of pyridine rings is 1. The number of nitrogens with two attached hydrogens (primary N) is 1. The summed E-state index contributed by atoms with van der Waals surface area (Å²) >= 11 is 5.62. The maximum Gasteiger partial charge on any atom is 0.389 e. The van der Waals surface area contributed by atoms with Gasteiger partial charge in [-0.3, -0.25) is 0 Å². The van der Waals surface area contributed by atoms with Crippen molar-refractivity contribution in [3.8, 4) is 0 Å². The molecule has 0 atom stereocenters. The van der Waals surface area contributed by atoms with Crippen molar-refractivity contribution in [2.24, 2.45) is 0 Å². The summed E-state index contributed by atoms with van der Waals surface area (Å²) in [5.41, 5.74) is 5.91. The van der Waals surface area contributed by atoms with Crippen LogP contribution in [0.2, 0.25) is 5.15 Å². The Morgan fingerprint density at radius 3 is 2.69 bits per heavy atom. The van der Waals surface area contributed by atoms with Gasteiger partial charge in [0.05, 0.1) is 5.69 Å². The van der Waals surface area contributed by atoms with Crippen LogP contribution in [0.15, 0.2) is 12.1 Å². The fourth-order valence-electron chi connectivity index (χ4n) is 1.08. The summed E-state index contributed by atoms with van der Waals surface area (Å²) in [6.45, 7) is 0.150. The Morgan fingerprint density at radius 1 is 1.38 bits per heavy atom. The third kappa shape index (κ3) is 4.57. The van der Waals surface area contributed by atoms with Gasteiger partial charge in [0, 0.05) is 13.0 Å². The van der Waals surface area contributed by atoms with Crippen molar-refractivity contribution in [3.63, 3.8) is 0 Å². The van der Waals surface area contributed by atoms with Gasteiger partial charge in [-0.05, 0) is 18.6 Å². The number of nitrogens with zero attached hydrogens (tertiary/aromatic N) is 1. The van der Waals surface area contributed by atoms with E-state index in [1.807, 2.05) is 0 Å². The first-order chi connectivity index (χ1) is 7.38. The molecule has 0 fully saturated rings. The minimum Gasteiger partial charge on any atom is -0.396 e. The minimum atomic E-state index is -4.13. The van der Waals surface area contributed by atoms with Gasteiger partial charge in [0.25, 0.3) is 0 Å². The number of aromatic nitrogens is 1. The van der Waals surface area contributed by atoms with Crippen molar-refractivity contribution in [1.29, 1.82) is 0 Å². The van der Waals surface area contributed by atoms with Crippen LogP contribution in [0.1, 0.15) is 12.8 Å². The molecule has 1 heterocycles. The molecule has 0 saturated carbocycles. The van der Waals surface area contributed by atoms with Gasteiger partial charge < -0.3 is 11.1 Å². The van der Waals surface area contributed by atoms with Crippen molar-refractivity contribution in [2.45, 2.75) is 19.0 Å². The molecule has 0 unspecified atom stereocenters. The van der Waals surface area contributed by atoms with Gasteiger partial charge in [0.2, 0.25) is 0 Å². The molecule has 16 heavy (non-hydrogen) atoms. The zero-order valence-electron chi connectivity index (χ0n) is 8.31. The molecule has 0 spiro atoms. The number of nitrogens with one attached hydrogen (secondary N) is 1. The molecule has 0 bridgehead atoms. The monoisotopic (exact) mass is 253 g/mol. The molecule has 0 aliphatic heterocycles. The van der Waals surface area contributed by atoms with E-state index in [4.69, 9.17) is 17.3 Å². The zero-order chi connectivity index (χ0) is 12.2. The van der Waals surface area contributed by atoms with Crippen LogP contribution < -0.4 is 11.1 Å². The molecule has 3 nitrogen and oxygen atoms in total. The molecule has 0 saturated heterocycles. The van der Waals surface area contributed by atoms with Crippen LogP contribution in [-0.4, -0.2) is 17.7 Å². The topological polar surface area (TPSA) is 50.9 Å². The van der Waals surface area contributed by atoms with E-state index >= 15 is 0 Å². The van der Waals surface area contributed by atoms with E-state index in [1.54, 1.807) is 6.07 Å². The molecule has 3 N–H and O–H groups in total. The Labute approximate surface area is 95.8 Å². The summed E-state index contributed by atoms with van der Waals surface area (Å²) in [4.78, 5) is 3.85. The Balaban J connectivity index is 2.40. The lowest BCUT2D eigenvalue weighted by Gasteiger charge is -2.09. The van der Waals surface area contributed by atoms with E-state index < -0.39 is 12.6 Å². The second-order valence-electron chi connectivity index (χ2n) is 3.22. The minimum absolute atomic E-state index is 0.0306. The lowest BCUT2D eigenvalue weighted by atomic mass is 10.3. The first kappa shape index (κ1) is 12.9. The summed E-state index contributed by atoms with van der Waals surface area (Å²) in [5.74, 6) is 0.315. The normalized spacial score (nSPS) is 11.5. The van der Waals surface area contributed by atoms with E-state index in [2.05, 4.69) is 10.3 Å². The third-order valence-corrected chi connectivity index (χ3v) is 2.03. The Bertz CT molecular complexity index is 354. The molecule has 0 aliphatic carbocycles. The summed E-state index contributed by atoms with van der Waals surface area (Å²) in [6.07, 6.45) is -4.99. The van der Waals surface area contributed by atoms with E-state index in [0.717, 1.165) is 0 Å². The SMILES string of the molecule is Nc1ccc(Cl)nc1NCCCC(F)(F)F. The smallest absolute Gasteiger partial charge is 0.389 e. The molecule has 7 heteroatoms. The highest BCUT2D eigenvalue weighted by atomic mass is 35.5. The second-order valence-corrected chi connectivity index (χ2v) is 3.60. The van der Waals surface area contributed by atoms with Gasteiger partial charge in [-0.2, -0.15) is 13.2 Å². The first-order valence-electron chi connectivity index (χ1n) is 4.61. The highest BCUT2D eigenvalue weighted by Crippen LogP contribution is 2.22. The summed E-state index contributed by atoms with van der Waals surface area (Å²) in [6, 6.07) is 3.05. The third-order valence-electron chi connectivity index (χ3n) is 1.82. The Morgan fingerprint density at radius 2 is 2.06 bits per heavy atom. The van der Waals surface area contributed by atoms with Crippen molar-refractivity contribution in [1.82, 2.24) is 4.98 Å². The van der Waals surface area contributed by atoms with Crippen LogP contribution in [0.3, 0.4) is 0 Å².